The number of carbonyl (C=O) groups excluding carboxylic acids is 3. The summed E-state index contributed by atoms with van der Waals surface area (Å²) in [6, 6.07) is 8.51. The molecule has 1 fully saturated rings. The summed E-state index contributed by atoms with van der Waals surface area (Å²) in [7, 11) is 0. The summed E-state index contributed by atoms with van der Waals surface area (Å²) in [5.41, 5.74) is 3.34. The van der Waals surface area contributed by atoms with E-state index in [9.17, 15) is 14.4 Å². The lowest BCUT2D eigenvalue weighted by Crippen LogP contribution is -2.54. The molecule has 6 nitrogen and oxygen atoms in total. The highest BCUT2D eigenvalue weighted by atomic mass is 35.5. The minimum Gasteiger partial charge on any atom is -0.318 e. The summed E-state index contributed by atoms with van der Waals surface area (Å²) in [5, 5.41) is 2.82. The van der Waals surface area contributed by atoms with Crippen molar-refractivity contribution in [1.29, 1.82) is 0 Å². The number of nitrogens with zero attached hydrogens (tertiary/aromatic N) is 2. The molecule has 3 rings (SSSR count). The Morgan fingerprint density at radius 1 is 1.15 bits per heavy atom. The molecular formula is C20H18ClN3O3. The van der Waals surface area contributed by atoms with Crippen molar-refractivity contribution in [3.8, 4) is 5.69 Å². The molecule has 4 amide bonds. The predicted molar refractivity (Wildman–Crippen MR) is 104 cm³/mol. The van der Waals surface area contributed by atoms with Gasteiger partial charge in [0.15, 0.2) is 0 Å². The molecule has 0 unspecified atom stereocenters. The van der Waals surface area contributed by atoms with Crippen LogP contribution in [-0.4, -0.2) is 33.9 Å². The van der Waals surface area contributed by atoms with E-state index in [2.05, 4.69) is 11.9 Å². The quantitative estimate of drug-likeness (QED) is 0.499. The summed E-state index contributed by atoms with van der Waals surface area (Å²) in [5.74, 6) is -1.35. The first-order chi connectivity index (χ1) is 12.8. The zero-order valence-corrected chi connectivity index (χ0v) is 15.7. The summed E-state index contributed by atoms with van der Waals surface area (Å²) < 4.78 is 2.00. The number of aryl methyl sites for hydroxylation is 1. The number of imide groups is 2. The third-order valence-corrected chi connectivity index (χ3v) is 4.60. The molecule has 0 spiro atoms. The van der Waals surface area contributed by atoms with Crippen LogP contribution in [0.2, 0.25) is 5.02 Å². The van der Waals surface area contributed by atoms with E-state index in [1.807, 2.05) is 36.6 Å². The molecule has 7 heteroatoms. The topological polar surface area (TPSA) is 71.4 Å². The van der Waals surface area contributed by atoms with Crippen molar-refractivity contribution in [2.24, 2.45) is 0 Å². The second kappa shape index (κ2) is 7.25. The minimum atomic E-state index is -0.742. The van der Waals surface area contributed by atoms with Crippen LogP contribution in [-0.2, 0) is 9.59 Å². The monoisotopic (exact) mass is 383 g/mol. The average molecular weight is 384 g/mol. The van der Waals surface area contributed by atoms with Crippen molar-refractivity contribution in [1.82, 2.24) is 14.8 Å². The number of halogens is 1. The van der Waals surface area contributed by atoms with E-state index in [1.165, 1.54) is 12.2 Å². The van der Waals surface area contributed by atoms with Crippen molar-refractivity contribution < 1.29 is 14.4 Å². The fourth-order valence-corrected chi connectivity index (χ4v) is 3.19. The summed E-state index contributed by atoms with van der Waals surface area (Å²) in [6.07, 6.45) is 2.94. The minimum absolute atomic E-state index is 0.0269. The van der Waals surface area contributed by atoms with Gasteiger partial charge in [0.25, 0.3) is 11.8 Å². The van der Waals surface area contributed by atoms with Crippen LogP contribution in [0.1, 0.15) is 17.0 Å². The molecule has 1 aliphatic heterocycles. The standard InChI is InChI=1S/C20H18ClN3O3/c1-4-9-23-19(26)17(18(25)22-20(23)27)11-14-10-12(2)24(13(14)3)16-7-5-15(21)6-8-16/h4-8,10-11H,1,9H2,2-3H3,(H,22,25,27)/b17-11-. The Bertz CT molecular complexity index is 987. The van der Waals surface area contributed by atoms with E-state index in [4.69, 9.17) is 11.6 Å². The van der Waals surface area contributed by atoms with Gasteiger partial charge in [-0.1, -0.05) is 17.7 Å². The lowest BCUT2D eigenvalue weighted by atomic mass is 10.1. The van der Waals surface area contributed by atoms with Gasteiger partial charge in [0.2, 0.25) is 0 Å². The molecule has 138 valence electrons. The maximum atomic E-state index is 12.6. The molecule has 0 radical (unpaired) electrons. The third-order valence-electron chi connectivity index (χ3n) is 4.35. The molecule has 0 atom stereocenters. The van der Waals surface area contributed by atoms with Crippen molar-refractivity contribution in [3.63, 3.8) is 0 Å². The fourth-order valence-electron chi connectivity index (χ4n) is 3.07. The Balaban J connectivity index is 2.04. The number of amides is 4. The van der Waals surface area contributed by atoms with Crippen LogP contribution in [0, 0.1) is 13.8 Å². The predicted octanol–water partition coefficient (Wildman–Crippen LogP) is 3.40. The van der Waals surface area contributed by atoms with Crippen molar-refractivity contribution in [2.45, 2.75) is 13.8 Å². The van der Waals surface area contributed by atoms with Gasteiger partial charge in [-0.3, -0.25) is 19.8 Å². The number of carbonyl (C=O) groups is 3. The molecule has 1 saturated heterocycles. The Labute approximate surface area is 161 Å². The van der Waals surface area contributed by atoms with Gasteiger partial charge in [0, 0.05) is 28.6 Å². The second-order valence-electron chi connectivity index (χ2n) is 6.16. The molecular weight excluding hydrogens is 366 g/mol. The Hall–Kier alpha value is -3.12. The Morgan fingerprint density at radius 3 is 2.44 bits per heavy atom. The number of nitrogens with one attached hydrogen (secondary N) is 1. The van der Waals surface area contributed by atoms with Crippen LogP contribution in [0.4, 0.5) is 4.79 Å². The van der Waals surface area contributed by atoms with Gasteiger partial charge < -0.3 is 4.57 Å². The van der Waals surface area contributed by atoms with Gasteiger partial charge in [-0.05, 0) is 55.8 Å². The highest BCUT2D eigenvalue weighted by Gasteiger charge is 2.35. The van der Waals surface area contributed by atoms with Gasteiger partial charge >= 0.3 is 6.03 Å². The van der Waals surface area contributed by atoms with Gasteiger partial charge in [-0.2, -0.15) is 0 Å². The van der Waals surface area contributed by atoms with Crippen molar-refractivity contribution >= 4 is 35.5 Å². The molecule has 2 heterocycles. The zero-order chi connectivity index (χ0) is 19.7. The first-order valence-electron chi connectivity index (χ1n) is 8.28. The van der Waals surface area contributed by atoms with Gasteiger partial charge in [-0.15, -0.1) is 6.58 Å². The molecule has 1 aliphatic rings. The highest BCUT2D eigenvalue weighted by Crippen LogP contribution is 2.25. The maximum Gasteiger partial charge on any atom is 0.331 e. The number of hydrogen-bond acceptors (Lipinski definition) is 3. The van der Waals surface area contributed by atoms with Crippen LogP contribution in [0.25, 0.3) is 11.8 Å². The molecule has 0 aliphatic carbocycles. The zero-order valence-electron chi connectivity index (χ0n) is 15.0. The van der Waals surface area contributed by atoms with Gasteiger partial charge in [0.1, 0.15) is 5.57 Å². The number of aromatic nitrogens is 1. The smallest absolute Gasteiger partial charge is 0.318 e. The van der Waals surface area contributed by atoms with Crippen LogP contribution >= 0.6 is 11.6 Å². The van der Waals surface area contributed by atoms with E-state index in [0.29, 0.717) is 10.6 Å². The van der Waals surface area contributed by atoms with E-state index < -0.39 is 17.8 Å². The summed E-state index contributed by atoms with van der Waals surface area (Å²) >= 11 is 5.96. The van der Waals surface area contributed by atoms with Gasteiger partial charge in [0.05, 0.1) is 0 Å². The lowest BCUT2D eigenvalue weighted by Gasteiger charge is -2.25. The number of benzene rings is 1. The third kappa shape index (κ3) is 3.44. The van der Waals surface area contributed by atoms with E-state index in [0.717, 1.165) is 22.0 Å². The summed E-state index contributed by atoms with van der Waals surface area (Å²) in [4.78, 5) is 37.5. The van der Waals surface area contributed by atoms with Crippen LogP contribution in [0.15, 0.2) is 48.6 Å². The normalized spacial score (nSPS) is 16.0. The first kappa shape index (κ1) is 18.7. The largest absolute Gasteiger partial charge is 0.331 e. The molecule has 0 saturated carbocycles. The molecule has 0 bridgehead atoms. The number of hydrogen-bond donors (Lipinski definition) is 1. The lowest BCUT2D eigenvalue weighted by molar-refractivity contribution is -0.129. The maximum absolute atomic E-state index is 12.6. The molecule has 1 aromatic carbocycles. The van der Waals surface area contributed by atoms with Crippen LogP contribution in [0.5, 0.6) is 0 Å². The van der Waals surface area contributed by atoms with Crippen LogP contribution in [0.3, 0.4) is 0 Å². The SMILES string of the molecule is C=CCN1C(=O)NC(=O)/C(=C/c2cc(C)n(-c3ccc(Cl)cc3)c2C)C1=O. The second-order valence-corrected chi connectivity index (χ2v) is 6.60. The van der Waals surface area contributed by atoms with E-state index in [1.54, 1.807) is 12.1 Å². The highest BCUT2D eigenvalue weighted by molar-refractivity contribution is 6.31. The number of urea groups is 1. The molecule has 27 heavy (non-hydrogen) atoms. The number of rotatable bonds is 4. The Kier molecular flexibility index (Phi) is 5.01. The fraction of sp³-hybridized carbons (Fsp3) is 0.150. The van der Waals surface area contributed by atoms with Gasteiger partial charge in [-0.25, -0.2) is 4.79 Å². The first-order valence-corrected chi connectivity index (χ1v) is 8.66. The molecule has 2 aromatic rings. The molecule has 1 N–H and O–H groups in total. The van der Waals surface area contributed by atoms with Crippen LogP contribution < -0.4 is 5.32 Å². The Morgan fingerprint density at radius 2 is 1.81 bits per heavy atom. The number of barbiturate groups is 1. The van der Waals surface area contributed by atoms with E-state index >= 15 is 0 Å². The molecule has 1 aromatic heterocycles. The van der Waals surface area contributed by atoms with Crippen molar-refractivity contribution in [2.75, 3.05) is 6.54 Å². The summed E-state index contributed by atoms with van der Waals surface area (Å²) in [6.45, 7) is 7.38. The average Bonchev–Trinajstić information content (AvgIpc) is 2.90. The van der Waals surface area contributed by atoms with E-state index in [-0.39, 0.29) is 12.1 Å². The van der Waals surface area contributed by atoms with Crippen molar-refractivity contribution in [3.05, 3.63) is 70.5 Å².